The van der Waals surface area contributed by atoms with Gasteiger partial charge in [0.1, 0.15) is 0 Å². The SMILES string of the molecule is N=C(N)N.NCCc1ccccc1. The molecule has 0 bridgehead atoms. The average molecular weight is 180 g/mol. The van der Waals surface area contributed by atoms with E-state index in [2.05, 4.69) is 23.6 Å². The van der Waals surface area contributed by atoms with E-state index in [1.165, 1.54) is 5.56 Å². The van der Waals surface area contributed by atoms with Gasteiger partial charge in [-0.1, -0.05) is 30.3 Å². The Morgan fingerprint density at radius 3 is 2.00 bits per heavy atom. The van der Waals surface area contributed by atoms with E-state index >= 15 is 0 Å². The summed E-state index contributed by atoms with van der Waals surface area (Å²) in [7, 11) is 0. The molecule has 0 aromatic heterocycles. The minimum Gasteiger partial charge on any atom is -0.370 e. The van der Waals surface area contributed by atoms with Crippen molar-refractivity contribution < 1.29 is 0 Å². The maximum Gasteiger partial charge on any atom is 0.183 e. The molecule has 13 heavy (non-hydrogen) atoms. The maximum atomic E-state index is 6.06. The summed E-state index contributed by atoms with van der Waals surface area (Å²) in [6, 6.07) is 10.3. The molecular formula is C9H16N4. The van der Waals surface area contributed by atoms with Crippen LogP contribution in [0.1, 0.15) is 5.56 Å². The first-order valence-electron chi connectivity index (χ1n) is 4.00. The largest absolute Gasteiger partial charge is 0.370 e. The monoisotopic (exact) mass is 180 g/mol. The standard InChI is InChI=1S/C8H11N.CH5N3/c9-7-6-8-4-2-1-3-5-8;2-1(3)4/h1-5H,6-7,9H2;(H5,2,3,4). The fraction of sp³-hybridized carbons (Fsp3) is 0.222. The Morgan fingerprint density at radius 2 is 1.62 bits per heavy atom. The first kappa shape index (κ1) is 11.4. The quantitative estimate of drug-likeness (QED) is 0.381. The summed E-state index contributed by atoms with van der Waals surface area (Å²) in [6.45, 7) is 0.740. The second-order valence-electron chi connectivity index (χ2n) is 2.48. The summed E-state index contributed by atoms with van der Waals surface area (Å²) in [4.78, 5) is 0. The van der Waals surface area contributed by atoms with Gasteiger partial charge in [-0.05, 0) is 18.5 Å². The number of guanidine groups is 1. The lowest BCUT2D eigenvalue weighted by Crippen LogP contribution is -2.20. The zero-order valence-electron chi connectivity index (χ0n) is 7.53. The van der Waals surface area contributed by atoms with Crippen molar-refractivity contribution in [3.05, 3.63) is 35.9 Å². The van der Waals surface area contributed by atoms with Gasteiger partial charge in [0, 0.05) is 0 Å². The van der Waals surface area contributed by atoms with Crippen LogP contribution >= 0.6 is 0 Å². The number of nitrogens with one attached hydrogen (secondary N) is 1. The van der Waals surface area contributed by atoms with E-state index < -0.39 is 0 Å². The van der Waals surface area contributed by atoms with Crippen molar-refractivity contribution in [1.82, 2.24) is 0 Å². The zero-order chi connectivity index (χ0) is 10.1. The topological polar surface area (TPSA) is 102 Å². The van der Waals surface area contributed by atoms with Gasteiger partial charge in [0.15, 0.2) is 5.96 Å². The van der Waals surface area contributed by atoms with E-state index in [1.54, 1.807) is 0 Å². The van der Waals surface area contributed by atoms with Crippen molar-refractivity contribution in [2.75, 3.05) is 6.54 Å². The highest BCUT2D eigenvalue weighted by Crippen LogP contribution is 1.96. The minimum absolute atomic E-state index is 0.333. The Hall–Kier alpha value is -1.55. The molecule has 0 atom stereocenters. The molecule has 4 heteroatoms. The Morgan fingerprint density at radius 1 is 1.15 bits per heavy atom. The lowest BCUT2D eigenvalue weighted by atomic mass is 10.2. The van der Waals surface area contributed by atoms with Crippen LogP contribution in [-0.4, -0.2) is 12.5 Å². The average Bonchev–Trinajstić information content (AvgIpc) is 2.06. The number of benzene rings is 1. The molecule has 1 aromatic rings. The van der Waals surface area contributed by atoms with Crippen LogP contribution in [0.3, 0.4) is 0 Å². The fourth-order valence-electron chi connectivity index (χ4n) is 0.811. The van der Waals surface area contributed by atoms with Crippen LogP contribution in [0.25, 0.3) is 0 Å². The number of hydrogen-bond acceptors (Lipinski definition) is 2. The van der Waals surface area contributed by atoms with Gasteiger partial charge >= 0.3 is 0 Å². The minimum atomic E-state index is -0.333. The van der Waals surface area contributed by atoms with Crippen LogP contribution in [0.5, 0.6) is 0 Å². The molecule has 1 rings (SSSR count). The van der Waals surface area contributed by atoms with Crippen LogP contribution < -0.4 is 17.2 Å². The molecule has 0 fully saturated rings. The number of hydrogen-bond donors (Lipinski definition) is 4. The van der Waals surface area contributed by atoms with Crippen molar-refractivity contribution in [1.29, 1.82) is 5.41 Å². The maximum absolute atomic E-state index is 6.06. The molecule has 0 heterocycles. The first-order valence-corrected chi connectivity index (χ1v) is 4.00. The van der Waals surface area contributed by atoms with Gasteiger partial charge in [0.05, 0.1) is 0 Å². The third kappa shape index (κ3) is 8.36. The normalized spacial score (nSPS) is 8.38. The molecule has 0 saturated carbocycles. The molecule has 4 nitrogen and oxygen atoms in total. The third-order valence-electron chi connectivity index (χ3n) is 1.28. The van der Waals surface area contributed by atoms with E-state index in [0.29, 0.717) is 0 Å². The van der Waals surface area contributed by atoms with E-state index in [4.69, 9.17) is 11.1 Å². The smallest absolute Gasteiger partial charge is 0.183 e. The van der Waals surface area contributed by atoms with E-state index in [9.17, 15) is 0 Å². The first-order chi connectivity index (χ1) is 6.16. The van der Waals surface area contributed by atoms with Gasteiger partial charge in [-0.25, -0.2) is 0 Å². The molecule has 0 aliphatic carbocycles. The predicted molar refractivity (Wildman–Crippen MR) is 55.3 cm³/mol. The van der Waals surface area contributed by atoms with Gasteiger partial charge in [-0.3, -0.25) is 5.41 Å². The van der Waals surface area contributed by atoms with Crippen molar-refractivity contribution >= 4 is 5.96 Å². The van der Waals surface area contributed by atoms with Gasteiger partial charge in [-0.2, -0.15) is 0 Å². The highest BCUT2D eigenvalue weighted by Gasteiger charge is 1.84. The third-order valence-corrected chi connectivity index (χ3v) is 1.28. The second kappa shape index (κ2) is 7.12. The predicted octanol–water partition coefficient (Wildman–Crippen LogP) is 0.0264. The number of rotatable bonds is 2. The van der Waals surface area contributed by atoms with Crippen LogP contribution in [0.15, 0.2) is 30.3 Å². The van der Waals surface area contributed by atoms with E-state index in [0.717, 1.165) is 13.0 Å². The van der Waals surface area contributed by atoms with Gasteiger partial charge in [0.25, 0.3) is 0 Å². The van der Waals surface area contributed by atoms with Crippen LogP contribution in [-0.2, 0) is 6.42 Å². The fourth-order valence-corrected chi connectivity index (χ4v) is 0.811. The summed E-state index contributed by atoms with van der Waals surface area (Å²) in [5.74, 6) is -0.333. The van der Waals surface area contributed by atoms with E-state index in [1.807, 2.05) is 18.2 Å². The lowest BCUT2D eigenvalue weighted by molar-refractivity contribution is 0.969. The highest BCUT2D eigenvalue weighted by molar-refractivity contribution is 5.71. The molecule has 0 aliphatic rings. The van der Waals surface area contributed by atoms with E-state index in [-0.39, 0.29) is 5.96 Å². The van der Waals surface area contributed by atoms with Crippen LogP contribution in [0, 0.1) is 5.41 Å². The molecule has 1 aromatic carbocycles. The molecule has 0 radical (unpaired) electrons. The van der Waals surface area contributed by atoms with Crippen molar-refractivity contribution in [2.45, 2.75) is 6.42 Å². The summed E-state index contributed by atoms with van der Waals surface area (Å²) in [5.41, 5.74) is 15.6. The molecule has 0 spiro atoms. The second-order valence-corrected chi connectivity index (χ2v) is 2.48. The van der Waals surface area contributed by atoms with Gasteiger partial charge in [0.2, 0.25) is 0 Å². The van der Waals surface area contributed by atoms with Gasteiger partial charge < -0.3 is 17.2 Å². The molecule has 0 unspecified atom stereocenters. The van der Waals surface area contributed by atoms with Crippen molar-refractivity contribution in [3.63, 3.8) is 0 Å². The van der Waals surface area contributed by atoms with Crippen LogP contribution in [0.2, 0.25) is 0 Å². The molecule has 72 valence electrons. The van der Waals surface area contributed by atoms with Crippen LogP contribution in [0.4, 0.5) is 0 Å². The Labute approximate surface area is 78.2 Å². The summed E-state index contributed by atoms with van der Waals surface area (Å²) >= 11 is 0. The lowest BCUT2D eigenvalue weighted by Gasteiger charge is -1.93. The Kier molecular flexibility index (Phi) is 6.27. The van der Waals surface area contributed by atoms with Gasteiger partial charge in [-0.15, -0.1) is 0 Å². The zero-order valence-corrected chi connectivity index (χ0v) is 7.53. The summed E-state index contributed by atoms with van der Waals surface area (Å²) in [6.07, 6.45) is 0.987. The van der Waals surface area contributed by atoms with Crippen molar-refractivity contribution in [3.8, 4) is 0 Å². The molecule has 0 saturated heterocycles. The molecular weight excluding hydrogens is 164 g/mol. The Bertz CT molecular complexity index is 229. The van der Waals surface area contributed by atoms with Crippen molar-refractivity contribution in [2.24, 2.45) is 17.2 Å². The Balaban J connectivity index is 0.000000310. The highest BCUT2D eigenvalue weighted by atomic mass is 14.9. The summed E-state index contributed by atoms with van der Waals surface area (Å²) in [5, 5.41) is 6.06. The molecule has 0 aliphatic heterocycles. The number of nitrogens with two attached hydrogens (primary N) is 3. The molecule has 0 amide bonds. The molecule has 7 N–H and O–H groups in total. The summed E-state index contributed by atoms with van der Waals surface area (Å²) < 4.78 is 0.